The molecule has 0 radical (unpaired) electrons. The normalized spacial score (nSPS) is 20.0. The van der Waals surface area contributed by atoms with Gasteiger partial charge < -0.3 is 39.7 Å². The van der Waals surface area contributed by atoms with E-state index in [4.69, 9.17) is 9.47 Å². The number of amides is 1. The van der Waals surface area contributed by atoms with Crippen molar-refractivity contribution in [3.8, 4) is 5.75 Å². The molecular weight excluding hydrogens is 688 g/mol. The lowest BCUT2D eigenvalue weighted by atomic mass is 9.83. The first-order valence-electron chi connectivity index (χ1n) is 17.7. The number of nitrogens with one attached hydrogen (secondary N) is 1. The fourth-order valence-corrected chi connectivity index (χ4v) is 6.98. The third kappa shape index (κ3) is 8.10. The van der Waals surface area contributed by atoms with E-state index < -0.39 is 42.4 Å². The van der Waals surface area contributed by atoms with Crippen LogP contribution in [0.4, 0.5) is 0 Å². The fourth-order valence-electron chi connectivity index (χ4n) is 6.98. The Morgan fingerprint density at radius 3 is 2.20 bits per heavy atom. The van der Waals surface area contributed by atoms with Crippen LogP contribution in [-0.2, 0) is 27.4 Å². The second-order valence-electron chi connectivity index (χ2n) is 13.6. The minimum Gasteiger partial charge on any atom is -0.508 e. The lowest BCUT2D eigenvalue weighted by Crippen LogP contribution is -2.44. The van der Waals surface area contributed by atoms with Crippen LogP contribution in [0.3, 0.4) is 0 Å². The minimum atomic E-state index is -0.842. The van der Waals surface area contributed by atoms with E-state index >= 15 is 0 Å². The lowest BCUT2D eigenvalue weighted by Gasteiger charge is -2.44. The van der Waals surface area contributed by atoms with Gasteiger partial charge in [0.05, 0.1) is 36.0 Å². The van der Waals surface area contributed by atoms with Crippen molar-refractivity contribution in [2.24, 2.45) is 0 Å². The zero-order chi connectivity index (χ0) is 37.8. The molecule has 11 heteroatoms. The van der Waals surface area contributed by atoms with Crippen molar-refractivity contribution >= 4 is 17.8 Å². The molecule has 0 bridgehead atoms. The van der Waals surface area contributed by atoms with Crippen molar-refractivity contribution in [1.82, 2.24) is 10.2 Å². The molecule has 54 heavy (non-hydrogen) atoms. The van der Waals surface area contributed by atoms with Crippen molar-refractivity contribution in [3.05, 3.63) is 171 Å². The molecule has 1 saturated heterocycles. The number of hydrogen-bond donors (Lipinski definition) is 4. The average Bonchev–Trinajstić information content (AvgIpc) is 3.48. The Labute approximate surface area is 312 Å². The van der Waals surface area contributed by atoms with Crippen molar-refractivity contribution < 1.29 is 43.9 Å². The number of aliphatic hydroxyl groups excluding tert-OH is 2. The molecule has 2 heterocycles. The Kier molecular flexibility index (Phi) is 11.0. The molecule has 2 aliphatic rings. The SMILES string of the molecule is CN(C[C@@H](O)c1cccc(O)c1)C[C@H]1OC(c2ccc(CNC(=O)c3ccc4c(c3)C(=O)OC4=O)cc2)O[C@@H](c2ccc(CO)cc2)[C@@H]1c1ccccc1. The van der Waals surface area contributed by atoms with Gasteiger partial charge >= 0.3 is 11.9 Å². The standard InChI is InChI=1S/C43H40N2O9/c1-45(23-36(48)31-8-5-9-33(47)20-31)24-37-38(28-6-3-2-4-7-28)39(29-14-12-27(25-46)13-15-29)53-43(52-37)30-16-10-26(11-17-30)22-44-40(49)32-18-19-34-35(21-32)42(51)54-41(34)50/h2-21,36-39,43,46-48H,22-25H2,1H3,(H,44,49)/t36-,37-,38-,39+,43?/m1/s1. The topological polar surface area (TPSA) is 155 Å². The first-order chi connectivity index (χ1) is 26.2. The van der Waals surface area contributed by atoms with Crippen LogP contribution < -0.4 is 5.32 Å². The molecule has 4 N–H and O–H groups in total. The number of hydrogen-bond acceptors (Lipinski definition) is 10. The number of rotatable bonds is 12. The smallest absolute Gasteiger partial charge is 0.346 e. The molecule has 7 rings (SSSR count). The van der Waals surface area contributed by atoms with E-state index in [1.807, 2.05) is 78.7 Å². The lowest BCUT2D eigenvalue weighted by molar-refractivity contribution is -0.263. The summed E-state index contributed by atoms with van der Waals surface area (Å²) >= 11 is 0. The number of carbonyl (C=O) groups excluding carboxylic acids is 3. The van der Waals surface area contributed by atoms with Crippen molar-refractivity contribution in [1.29, 1.82) is 0 Å². The third-order valence-electron chi connectivity index (χ3n) is 9.81. The molecule has 0 saturated carbocycles. The molecular formula is C43H40N2O9. The highest BCUT2D eigenvalue weighted by Crippen LogP contribution is 2.47. The molecule has 11 nitrogen and oxygen atoms in total. The van der Waals surface area contributed by atoms with Crippen LogP contribution in [0, 0.1) is 0 Å². The Bertz CT molecular complexity index is 2120. The van der Waals surface area contributed by atoms with Gasteiger partial charge in [-0.2, -0.15) is 0 Å². The quantitative estimate of drug-likeness (QED) is 0.0925. The predicted molar refractivity (Wildman–Crippen MR) is 197 cm³/mol. The summed E-state index contributed by atoms with van der Waals surface area (Å²) in [4.78, 5) is 38.7. The highest BCUT2D eigenvalue weighted by molar-refractivity contribution is 6.15. The van der Waals surface area contributed by atoms with Crippen LogP contribution >= 0.6 is 0 Å². The monoisotopic (exact) mass is 728 g/mol. The number of cyclic esters (lactones) is 2. The second-order valence-corrected chi connectivity index (χ2v) is 13.6. The number of nitrogens with zero attached hydrogens (tertiary/aromatic N) is 1. The summed E-state index contributed by atoms with van der Waals surface area (Å²) in [6, 6.07) is 36.1. The summed E-state index contributed by atoms with van der Waals surface area (Å²) in [6.07, 6.45) is -2.44. The van der Waals surface area contributed by atoms with Crippen LogP contribution in [0.2, 0.25) is 0 Å². The molecule has 1 unspecified atom stereocenters. The van der Waals surface area contributed by atoms with E-state index in [0.717, 1.165) is 27.8 Å². The van der Waals surface area contributed by atoms with E-state index in [1.165, 1.54) is 18.2 Å². The van der Waals surface area contributed by atoms with Crippen LogP contribution in [0.15, 0.2) is 121 Å². The maximum absolute atomic E-state index is 12.9. The van der Waals surface area contributed by atoms with E-state index in [-0.39, 0.29) is 41.5 Å². The average molecular weight is 729 g/mol. The van der Waals surface area contributed by atoms with Crippen molar-refractivity contribution in [2.45, 2.75) is 43.7 Å². The summed E-state index contributed by atoms with van der Waals surface area (Å²) in [7, 11) is 1.92. The molecule has 0 aliphatic carbocycles. The Morgan fingerprint density at radius 1 is 0.778 bits per heavy atom. The van der Waals surface area contributed by atoms with Gasteiger partial charge in [-0.15, -0.1) is 0 Å². The molecule has 276 valence electrons. The van der Waals surface area contributed by atoms with Gasteiger partial charge in [-0.1, -0.05) is 91.0 Å². The summed E-state index contributed by atoms with van der Waals surface area (Å²) in [6.45, 7) is 0.862. The second kappa shape index (κ2) is 16.1. The number of aromatic hydroxyl groups is 1. The van der Waals surface area contributed by atoms with Crippen LogP contribution in [0.5, 0.6) is 5.75 Å². The zero-order valence-electron chi connectivity index (χ0n) is 29.5. The molecule has 1 fully saturated rings. The van der Waals surface area contributed by atoms with E-state index in [0.29, 0.717) is 18.7 Å². The van der Waals surface area contributed by atoms with Crippen LogP contribution in [-0.4, -0.2) is 64.3 Å². The largest absolute Gasteiger partial charge is 0.508 e. The van der Waals surface area contributed by atoms with Gasteiger partial charge in [-0.05, 0) is 65.2 Å². The molecule has 0 spiro atoms. The highest BCUT2D eigenvalue weighted by atomic mass is 16.7. The number of fused-ring (bicyclic) bond motifs is 1. The maximum Gasteiger partial charge on any atom is 0.346 e. The number of aliphatic hydroxyl groups is 2. The number of ether oxygens (including phenoxy) is 3. The van der Waals surface area contributed by atoms with Gasteiger partial charge in [0.2, 0.25) is 0 Å². The summed E-state index contributed by atoms with van der Waals surface area (Å²) in [5, 5.41) is 33.6. The number of phenols is 1. The Hall–Kier alpha value is -5.69. The van der Waals surface area contributed by atoms with Crippen LogP contribution in [0.1, 0.15) is 88.9 Å². The molecule has 0 aromatic heterocycles. The maximum atomic E-state index is 12.9. The van der Waals surface area contributed by atoms with E-state index in [9.17, 15) is 29.7 Å². The number of benzene rings is 5. The first-order valence-corrected chi connectivity index (χ1v) is 17.7. The molecule has 5 atom stereocenters. The predicted octanol–water partition coefficient (Wildman–Crippen LogP) is 5.73. The molecule has 2 aliphatic heterocycles. The zero-order valence-corrected chi connectivity index (χ0v) is 29.5. The third-order valence-corrected chi connectivity index (χ3v) is 9.81. The summed E-state index contributed by atoms with van der Waals surface area (Å²) < 4.78 is 18.2. The van der Waals surface area contributed by atoms with Crippen molar-refractivity contribution in [3.63, 3.8) is 0 Å². The molecule has 5 aromatic carbocycles. The number of likely N-dealkylation sites (N-methyl/N-ethyl adjacent to an activating group) is 1. The van der Waals surface area contributed by atoms with Crippen LogP contribution in [0.25, 0.3) is 0 Å². The van der Waals surface area contributed by atoms with Crippen molar-refractivity contribution in [2.75, 3.05) is 20.1 Å². The minimum absolute atomic E-state index is 0.0683. The number of phenolic OH excluding ortho intramolecular Hbond substituents is 1. The summed E-state index contributed by atoms with van der Waals surface area (Å²) in [5.41, 5.74) is 5.36. The van der Waals surface area contributed by atoms with E-state index in [1.54, 1.807) is 24.3 Å². The number of esters is 2. The van der Waals surface area contributed by atoms with Gasteiger partial charge in [-0.25, -0.2) is 9.59 Å². The number of carbonyl (C=O) groups is 3. The van der Waals surface area contributed by atoms with Gasteiger partial charge in [0, 0.05) is 36.7 Å². The van der Waals surface area contributed by atoms with Gasteiger partial charge in [0.1, 0.15) is 5.75 Å². The molecule has 1 amide bonds. The Balaban J connectivity index is 1.12. The van der Waals surface area contributed by atoms with Gasteiger partial charge in [0.25, 0.3) is 5.91 Å². The summed E-state index contributed by atoms with van der Waals surface area (Å²) in [5.74, 6) is -2.06. The van der Waals surface area contributed by atoms with Gasteiger partial charge in [0.15, 0.2) is 6.29 Å². The highest BCUT2D eigenvalue weighted by Gasteiger charge is 2.42. The molecule has 5 aromatic rings. The Morgan fingerprint density at radius 2 is 1.48 bits per heavy atom. The fraction of sp³-hybridized carbons (Fsp3) is 0.233. The van der Waals surface area contributed by atoms with Gasteiger partial charge in [-0.3, -0.25) is 4.79 Å². The first kappa shape index (κ1) is 36.7. The van der Waals surface area contributed by atoms with E-state index in [2.05, 4.69) is 22.2 Å².